The standard InChI is InChI=1S/C26H29N3O2/c1-5-29(18-20-12-15-23(16-13-20)28(3)4)26(31)22-14-11-19(2)24(17-22)27-25(30)21-9-7-6-8-10-21/h6-17H,5,18H2,1-4H3,(H,27,30). The van der Waals surface area contributed by atoms with Crippen molar-refractivity contribution in [3.8, 4) is 0 Å². The normalized spacial score (nSPS) is 10.5. The van der Waals surface area contributed by atoms with E-state index < -0.39 is 0 Å². The summed E-state index contributed by atoms with van der Waals surface area (Å²) in [6.07, 6.45) is 0. The molecule has 1 N–H and O–H groups in total. The third-order valence-corrected chi connectivity index (χ3v) is 5.26. The van der Waals surface area contributed by atoms with E-state index in [9.17, 15) is 9.59 Å². The first kappa shape index (κ1) is 22.1. The number of hydrogen-bond acceptors (Lipinski definition) is 3. The molecular weight excluding hydrogens is 386 g/mol. The Morgan fingerprint density at radius 2 is 1.55 bits per heavy atom. The molecule has 2 amide bonds. The van der Waals surface area contributed by atoms with Crippen LogP contribution in [0.2, 0.25) is 0 Å². The van der Waals surface area contributed by atoms with Crippen molar-refractivity contribution in [1.29, 1.82) is 0 Å². The zero-order valence-corrected chi connectivity index (χ0v) is 18.6. The molecule has 0 aliphatic rings. The molecule has 0 aliphatic carbocycles. The van der Waals surface area contributed by atoms with Crippen LogP contribution in [0.15, 0.2) is 72.8 Å². The van der Waals surface area contributed by atoms with Gasteiger partial charge in [-0.15, -0.1) is 0 Å². The van der Waals surface area contributed by atoms with Gasteiger partial charge in [-0.05, 0) is 61.4 Å². The minimum absolute atomic E-state index is 0.0607. The maximum absolute atomic E-state index is 13.2. The van der Waals surface area contributed by atoms with E-state index in [1.807, 2.05) is 75.3 Å². The number of nitrogens with one attached hydrogen (secondary N) is 1. The van der Waals surface area contributed by atoms with Crippen molar-refractivity contribution in [3.05, 3.63) is 95.1 Å². The van der Waals surface area contributed by atoms with Gasteiger partial charge in [0.05, 0.1) is 0 Å². The molecule has 3 aromatic carbocycles. The van der Waals surface area contributed by atoms with Gasteiger partial charge in [0.25, 0.3) is 11.8 Å². The third kappa shape index (κ3) is 5.51. The molecule has 0 fully saturated rings. The highest BCUT2D eigenvalue weighted by Gasteiger charge is 2.17. The Bertz CT molecular complexity index is 1040. The second kappa shape index (κ2) is 9.94. The molecule has 5 heteroatoms. The number of carbonyl (C=O) groups is 2. The fourth-order valence-electron chi connectivity index (χ4n) is 3.30. The van der Waals surface area contributed by atoms with Crippen molar-refractivity contribution in [2.45, 2.75) is 20.4 Å². The van der Waals surface area contributed by atoms with Gasteiger partial charge in [-0.2, -0.15) is 0 Å². The predicted octanol–water partition coefficient (Wildman–Crippen LogP) is 4.98. The van der Waals surface area contributed by atoms with Gasteiger partial charge in [-0.25, -0.2) is 0 Å². The summed E-state index contributed by atoms with van der Waals surface area (Å²) in [4.78, 5) is 29.6. The van der Waals surface area contributed by atoms with Crippen LogP contribution >= 0.6 is 0 Å². The highest BCUT2D eigenvalue weighted by Crippen LogP contribution is 2.21. The Kier molecular flexibility index (Phi) is 7.08. The highest BCUT2D eigenvalue weighted by molar-refractivity contribution is 6.05. The van der Waals surface area contributed by atoms with Crippen molar-refractivity contribution in [2.24, 2.45) is 0 Å². The summed E-state index contributed by atoms with van der Waals surface area (Å²) in [6, 6.07) is 22.7. The monoisotopic (exact) mass is 415 g/mol. The summed E-state index contributed by atoms with van der Waals surface area (Å²) in [7, 11) is 4.00. The molecule has 31 heavy (non-hydrogen) atoms. The van der Waals surface area contributed by atoms with Gasteiger partial charge < -0.3 is 15.1 Å². The van der Waals surface area contributed by atoms with Gasteiger partial charge in [0.2, 0.25) is 0 Å². The summed E-state index contributed by atoms with van der Waals surface area (Å²) < 4.78 is 0. The van der Waals surface area contributed by atoms with E-state index in [-0.39, 0.29) is 11.8 Å². The number of hydrogen-bond donors (Lipinski definition) is 1. The zero-order chi connectivity index (χ0) is 22.4. The first-order valence-corrected chi connectivity index (χ1v) is 10.4. The molecule has 0 aliphatic heterocycles. The summed E-state index contributed by atoms with van der Waals surface area (Å²) in [6.45, 7) is 5.01. The quantitative estimate of drug-likeness (QED) is 0.592. The van der Waals surface area contributed by atoms with E-state index in [1.165, 1.54) is 0 Å². The molecule has 0 bridgehead atoms. The van der Waals surface area contributed by atoms with E-state index in [0.29, 0.717) is 29.9 Å². The van der Waals surface area contributed by atoms with Crippen LogP contribution in [0, 0.1) is 6.92 Å². The number of rotatable bonds is 7. The van der Waals surface area contributed by atoms with E-state index in [0.717, 1.165) is 16.8 Å². The van der Waals surface area contributed by atoms with Crippen molar-refractivity contribution >= 4 is 23.2 Å². The lowest BCUT2D eigenvalue weighted by Crippen LogP contribution is -2.30. The largest absolute Gasteiger partial charge is 0.378 e. The minimum atomic E-state index is -0.193. The topological polar surface area (TPSA) is 52.6 Å². The Morgan fingerprint density at radius 1 is 0.871 bits per heavy atom. The molecule has 0 spiro atoms. The molecule has 0 heterocycles. The Hall–Kier alpha value is -3.60. The van der Waals surface area contributed by atoms with Gasteiger partial charge in [-0.1, -0.05) is 36.4 Å². The summed E-state index contributed by atoms with van der Waals surface area (Å²) in [5, 5.41) is 2.93. The number of carbonyl (C=O) groups excluding carboxylic acids is 2. The van der Waals surface area contributed by atoms with E-state index >= 15 is 0 Å². The SMILES string of the molecule is CCN(Cc1ccc(N(C)C)cc1)C(=O)c1ccc(C)c(NC(=O)c2ccccc2)c1. The first-order valence-electron chi connectivity index (χ1n) is 10.4. The van der Waals surface area contributed by atoms with E-state index in [1.54, 1.807) is 23.1 Å². The minimum Gasteiger partial charge on any atom is -0.378 e. The van der Waals surface area contributed by atoms with Crippen molar-refractivity contribution in [3.63, 3.8) is 0 Å². The van der Waals surface area contributed by atoms with Gasteiger partial charge in [-0.3, -0.25) is 9.59 Å². The Labute approximate surface area is 184 Å². The summed E-state index contributed by atoms with van der Waals surface area (Å²) in [5.41, 5.74) is 4.88. The van der Waals surface area contributed by atoms with Crippen LogP contribution in [0.25, 0.3) is 0 Å². The predicted molar refractivity (Wildman–Crippen MR) is 127 cm³/mol. The number of aryl methyl sites for hydroxylation is 1. The molecule has 0 saturated carbocycles. The number of anilines is 2. The molecule has 0 aromatic heterocycles. The maximum atomic E-state index is 13.2. The lowest BCUT2D eigenvalue weighted by Gasteiger charge is -2.22. The summed E-state index contributed by atoms with van der Waals surface area (Å²) >= 11 is 0. The maximum Gasteiger partial charge on any atom is 0.255 e. The fraction of sp³-hybridized carbons (Fsp3) is 0.231. The van der Waals surface area contributed by atoms with Crippen LogP contribution < -0.4 is 10.2 Å². The highest BCUT2D eigenvalue weighted by atomic mass is 16.2. The number of benzene rings is 3. The van der Waals surface area contributed by atoms with Crippen molar-refractivity contribution in [2.75, 3.05) is 30.9 Å². The van der Waals surface area contributed by atoms with Crippen LogP contribution in [0.4, 0.5) is 11.4 Å². The van der Waals surface area contributed by atoms with Crippen LogP contribution in [0.3, 0.4) is 0 Å². The molecule has 0 saturated heterocycles. The second-order valence-corrected chi connectivity index (χ2v) is 7.73. The van der Waals surface area contributed by atoms with Gasteiger partial charge in [0, 0.05) is 49.7 Å². The van der Waals surface area contributed by atoms with Crippen LogP contribution in [-0.2, 0) is 6.54 Å². The average molecular weight is 416 g/mol. The Morgan fingerprint density at radius 3 is 2.16 bits per heavy atom. The van der Waals surface area contributed by atoms with Crippen LogP contribution in [0.5, 0.6) is 0 Å². The average Bonchev–Trinajstić information content (AvgIpc) is 2.79. The third-order valence-electron chi connectivity index (χ3n) is 5.26. The molecule has 3 aromatic rings. The number of amides is 2. The molecule has 3 rings (SSSR count). The van der Waals surface area contributed by atoms with Crippen molar-refractivity contribution < 1.29 is 9.59 Å². The molecule has 0 unspecified atom stereocenters. The number of nitrogens with zero attached hydrogens (tertiary/aromatic N) is 2. The van der Waals surface area contributed by atoms with E-state index in [2.05, 4.69) is 17.4 Å². The molecule has 160 valence electrons. The van der Waals surface area contributed by atoms with Gasteiger partial charge in [0.1, 0.15) is 0 Å². The lowest BCUT2D eigenvalue weighted by atomic mass is 10.1. The molecular formula is C26H29N3O2. The second-order valence-electron chi connectivity index (χ2n) is 7.73. The smallest absolute Gasteiger partial charge is 0.255 e. The molecule has 5 nitrogen and oxygen atoms in total. The fourth-order valence-corrected chi connectivity index (χ4v) is 3.30. The molecule has 0 atom stereocenters. The Balaban J connectivity index is 1.76. The molecule has 0 radical (unpaired) electrons. The van der Waals surface area contributed by atoms with Crippen LogP contribution in [-0.4, -0.2) is 37.4 Å². The zero-order valence-electron chi connectivity index (χ0n) is 18.6. The van der Waals surface area contributed by atoms with Gasteiger partial charge in [0.15, 0.2) is 0 Å². The van der Waals surface area contributed by atoms with Crippen molar-refractivity contribution in [1.82, 2.24) is 4.90 Å². The van der Waals surface area contributed by atoms with Gasteiger partial charge >= 0.3 is 0 Å². The van der Waals surface area contributed by atoms with Crippen LogP contribution in [0.1, 0.15) is 38.8 Å². The lowest BCUT2D eigenvalue weighted by molar-refractivity contribution is 0.0752. The van der Waals surface area contributed by atoms with E-state index in [4.69, 9.17) is 0 Å². The first-order chi connectivity index (χ1) is 14.9. The summed E-state index contributed by atoms with van der Waals surface area (Å²) in [5.74, 6) is -0.254.